The van der Waals surface area contributed by atoms with Crippen LogP contribution in [0.15, 0.2) is 36.4 Å². The predicted octanol–water partition coefficient (Wildman–Crippen LogP) is 6.03. The molecule has 5 heteroatoms. The van der Waals surface area contributed by atoms with Crippen molar-refractivity contribution in [2.24, 2.45) is 0 Å². The molecule has 3 rings (SSSR count). The van der Waals surface area contributed by atoms with E-state index >= 15 is 0 Å². The number of ketones is 2. The van der Waals surface area contributed by atoms with Gasteiger partial charge < -0.3 is 4.74 Å². The summed E-state index contributed by atoms with van der Waals surface area (Å²) in [6, 6.07) is 11.1. The van der Waals surface area contributed by atoms with Gasteiger partial charge in [-0.15, -0.1) is 0 Å². The lowest BCUT2D eigenvalue weighted by Gasteiger charge is -2.43. The predicted molar refractivity (Wildman–Crippen MR) is 113 cm³/mol. The Hall–Kier alpha value is -1.68. The number of benzene rings is 2. The van der Waals surface area contributed by atoms with Crippen LogP contribution in [0.1, 0.15) is 51.7 Å². The van der Waals surface area contributed by atoms with Crippen molar-refractivity contribution in [3.63, 3.8) is 0 Å². The molecule has 0 atom stereocenters. The molecule has 0 unspecified atom stereocenters. The molecule has 0 amide bonds. The van der Waals surface area contributed by atoms with Crippen molar-refractivity contribution in [2.45, 2.75) is 58.2 Å². The standard InChI is InChI=1S/C23H24Cl2O3/c1-6-13-11-14(17-12-15(24)8-10-18(17)25)7-9-16(13)19-20(26)22(2,3)28-23(4,5)21(19)27/h7-12,19H,6H2,1-5H3. The molecule has 1 heterocycles. The fourth-order valence-electron chi connectivity index (χ4n) is 3.92. The van der Waals surface area contributed by atoms with Crippen molar-refractivity contribution in [3.05, 3.63) is 57.6 Å². The van der Waals surface area contributed by atoms with E-state index in [1.54, 1.807) is 39.8 Å². The van der Waals surface area contributed by atoms with E-state index in [2.05, 4.69) is 0 Å². The quantitative estimate of drug-likeness (QED) is 0.571. The molecule has 0 spiro atoms. The number of hydrogen-bond donors (Lipinski definition) is 0. The monoisotopic (exact) mass is 418 g/mol. The summed E-state index contributed by atoms with van der Waals surface area (Å²) >= 11 is 12.5. The van der Waals surface area contributed by atoms with Gasteiger partial charge in [0.25, 0.3) is 0 Å². The Morgan fingerprint density at radius 3 is 2.11 bits per heavy atom. The van der Waals surface area contributed by atoms with Crippen molar-refractivity contribution in [2.75, 3.05) is 0 Å². The summed E-state index contributed by atoms with van der Waals surface area (Å²) in [6.45, 7) is 8.90. The normalized spacial score (nSPS) is 19.1. The maximum atomic E-state index is 13.1. The molecule has 0 radical (unpaired) electrons. The number of halogens is 2. The highest BCUT2D eigenvalue weighted by Gasteiger charge is 2.53. The first-order valence-corrected chi connectivity index (χ1v) is 10.1. The van der Waals surface area contributed by atoms with Gasteiger partial charge in [0, 0.05) is 15.6 Å². The number of aryl methyl sites for hydroxylation is 1. The average molecular weight is 419 g/mol. The fourth-order valence-corrected chi connectivity index (χ4v) is 4.31. The first-order valence-electron chi connectivity index (χ1n) is 9.35. The topological polar surface area (TPSA) is 43.4 Å². The van der Waals surface area contributed by atoms with Gasteiger partial charge in [0.2, 0.25) is 0 Å². The lowest BCUT2D eigenvalue weighted by molar-refractivity contribution is -0.184. The molecule has 0 saturated carbocycles. The zero-order valence-electron chi connectivity index (χ0n) is 16.7. The zero-order chi connectivity index (χ0) is 20.9. The number of carbonyl (C=O) groups excluding carboxylic acids is 2. The van der Waals surface area contributed by atoms with E-state index in [1.165, 1.54) is 0 Å². The third-order valence-electron chi connectivity index (χ3n) is 5.30. The summed E-state index contributed by atoms with van der Waals surface area (Å²) in [5, 5.41) is 1.19. The minimum absolute atomic E-state index is 0.208. The molecule has 1 aliphatic heterocycles. The van der Waals surface area contributed by atoms with E-state index in [0.717, 1.165) is 22.3 Å². The summed E-state index contributed by atoms with van der Waals surface area (Å²) in [4.78, 5) is 26.2. The van der Waals surface area contributed by atoms with Crippen LogP contribution in [0, 0.1) is 0 Å². The van der Waals surface area contributed by atoms with Crippen molar-refractivity contribution in [3.8, 4) is 11.1 Å². The number of Topliss-reactive ketones (excluding diaryl/α,β-unsaturated/α-hetero) is 2. The summed E-state index contributed by atoms with van der Waals surface area (Å²) in [5.41, 5.74) is 1.35. The van der Waals surface area contributed by atoms with Gasteiger partial charge in [-0.1, -0.05) is 48.3 Å². The minimum atomic E-state index is -1.03. The Morgan fingerprint density at radius 1 is 0.929 bits per heavy atom. The first kappa shape index (κ1) is 21.0. The second kappa shape index (κ2) is 7.29. The number of ether oxygens (including phenoxy) is 1. The molecule has 3 nitrogen and oxygen atoms in total. The van der Waals surface area contributed by atoms with Gasteiger partial charge in [-0.25, -0.2) is 0 Å². The lowest BCUT2D eigenvalue weighted by atomic mass is 9.73. The maximum Gasteiger partial charge on any atom is 0.179 e. The molecule has 0 bridgehead atoms. The smallest absolute Gasteiger partial charge is 0.179 e. The summed E-state index contributed by atoms with van der Waals surface area (Å²) in [6.07, 6.45) is 0.681. The molecule has 1 saturated heterocycles. The van der Waals surface area contributed by atoms with Crippen LogP contribution in [0.25, 0.3) is 11.1 Å². The second-order valence-electron chi connectivity index (χ2n) is 8.18. The Kier molecular flexibility index (Phi) is 5.48. The molecule has 2 aromatic carbocycles. The number of hydrogen-bond acceptors (Lipinski definition) is 3. The number of carbonyl (C=O) groups is 2. The SMILES string of the molecule is CCc1cc(-c2cc(Cl)ccc2Cl)ccc1C1C(=O)C(C)(C)OC(C)(C)C1=O. The van der Waals surface area contributed by atoms with E-state index in [9.17, 15) is 9.59 Å². The van der Waals surface area contributed by atoms with Gasteiger partial charge in [-0.05, 0) is 69.0 Å². The van der Waals surface area contributed by atoms with Crippen LogP contribution >= 0.6 is 23.2 Å². The highest BCUT2D eigenvalue weighted by atomic mass is 35.5. The summed E-state index contributed by atoms with van der Waals surface area (Å²) in [5.74, 6) is -1.25. The van der Waals surface area contributed by atoms with Crippen LogP contribution in [0.3, 0.4) is 0 Å². The summed E-state index contributed by atoms with van der Waals surface area (Å²) in [7, 11) is 0. The van der Waals surface area contributed by atoms with E-state index in [0.29, 0.717) is 16.5 Å². The molecule has 0 aromatic heterocycles. The second-order valence-corrected chi connectivity index (χ2v) is 9.02. The van der Waals surface area contributed by atoms with Crippen molar-refractivity contribution in [1.82, 2.24) is 0 Å². The van der Waals surface area contributed by atoms with Crippen LogP contribution < -0.4 is 0 Å². The van der Waals surface area contributed by atoms with Crippen LogP contribution in [0.4, 0.5) is 0 Å². The van der Waals surface area contributed by atoms with Crippen molar-refractivity contribution < 1.29 is 14.3 Å². The zero-order valence-corrected chi connectivity index (χ0v) is 18.2. The third kappa shape index (κ3) is 3.63. The van der Waals surface area contributed by atoms with E-state index in [1.807, 2.05) is 31.2 Å². The van der Waals surface area contributed by atoms with E-state index in [4.69, 9.17) is 27.9 Å². The van der Waals surface area contributed by atoms with Gasteiger partial charge in [0.05, 0.1) is 0 Å². The van der Waals surface area contributed by atoms with Crippen LogP contribution in [0.2, 0.25) is 10.0 Å². The largest absolute Gasteiger partial charge is 0.354 e. The lowest BCUT2D eigenvalue weighted by Crippen LogP contribution is -2.58. The Labute approximate surface area is 176 Å². The van der Waals surface area contributed by atoms with Gasteiger partial charge in [-0.2, -0.15) is 0 Å². The fraction of sp³-hybridized carbons (Fsp3) is 0.391. The van der Waals surface area contributed by atoms with Gasteiger partial charge in [0.1, 0.15) is 17.1 Å². The molecule has 0 N–H and O–H groups in total. The van der Waals surface area contributed by atoms with Crippen LogP contribution in [-0.2, 0) is 20.7 Å². The third-order valence-corrected chi connectivity index (χ3v) is 5.86. The molecule has 2 aromatic rings. The number of rotatable bonds is 3. The first-order chi connectivity index (χ1) is 13.0. The average Bonchev–Trinajstić information content (AvgIpc) is 2.62. The minimum Gasteiger partial charge on any atom is -0.354 e. The summed E-state index contributed by atoms with van der Waals surface area (Å²) < 4.78 is 5.80. The Balaban J connectivity index is 2.13. The molecular weight excluding hydrogens is 395 g/mol. The molecule has 1 aliphatic rings. The van der Waals surface area contributed by atoms with E-state index in [-0.39, 0.29) is 11.6 Å². The molecular formula is C23H24Cl2O3. The van der Waals surface area contributed by atoms with Crippen molar-refractivity contribution >= 4 is 34.8 Å². The molecule has 0 aliphatic carbocycles. The van der Waals surface area contributed by atoms with Crippen molar-refractivity contribution in [1.29, 1.82) is 0 Å². The highest BCUT2D eigenvalue weighted by molar-refractivity contribution is 6.35. The van der Waals surface area contributed by atoms with Gasteiger partial charge >= 0.3 is 0 Å². The van der Waals surface area contributed by atoms with Crippen LogP contribution in [0.5, 0.6) is 0 Å². The van der Waals surface area contributed by atoms with E-state index < -0.39 is 17.1 Å². The maximum absolute atomic E-state index is 13.1. The Bertz CT molecular complexity index is 934. The van der Waals surface area contributed by atoms with Gasteiger partial charge in [-0.3, -0.25) is 9.59 Å². The molecule has 28 heavy (non-hydrogen) atoms. The Morgan fingerprint density at radius 2 is 1.54 bits per heavy atom. The van der Waals surface area contributed by atoms with Crippen LogP contribution in [-0.4, -0.2) is 22.8 Å². The molecule has 1 fully saturated rings. The molecule has 148 valence electrons. The highest BCUT2D eigenvalue weighted by Crippen LogP contribution is 2.41. The van der Waals surface area contributed by atoms with Gasteiger partial charge in [0.15, 0.2) is 11.6 Å².